The summed E-state index contributed by atoms with van der Waals surface area (Å²) in [5.41, 5.74) is 2.87. The van der Waals surface area contributed by atoms with Gasteiger partial charge in [-0.25, -0.2) is 9.97 Å². The summed E-state index contributed by atoms with van der Waals surface area (Å²) in [4.78, 5) is 27.2. The van der Waals surface area contributed by atoms with Crippen molar-refractivity contribution >= 4 is 34.2 Å². The molecule has 1 aliphatic heterocycles. The number of para-hydroxylation sites is 1. The number of fused-ring (bicyclic) bond motifs is 1. The maximum atomic E-state index is 12.9. The molecule has 39 heavy (non-hydrogen) atoms. The average Bonchev–Trinajstić information content (AvgIpc) is 2.98. The SMILES string of the molecule is O=C(CCN(CCc1ccccc1)c1nc(-c2ccccc2Cl)nc2ccccc12)NCCN1CCOCC1. The van der Waals surface area contributed by atoms with Crippen molar-refractivity contribution in [2.75, 3.05) is 57.4 Å². The van der Waals surface area contributed by atoms with Crippen molar-refractivity contribution in [2.45, 2.75) is 12.8 Å². The zero-order chi connectivity index (χ0) is 26.9. The van der Waals surface area contributed by atoms with E-state index in [0.29, 0.717) is 36.9 Å². The molecule has 1 amide bonds. The largest absolute Gasteiger partial charge is 0.379 e. The summed E-state index contributed by atoms with van der Waals surface area (Å²) in [5, 5.41) is 4.65. The Kier molecular flexibility index (Phi) is 9.38. The topological polar surface area (TPSA) is 70.6 Å². The summed E-state index contributed by atoms with van der Waals surface area (Å²) in [7, 11) is 0. The maximum Gasteiger partial charge on any atom is 0.221 e. The molecule has 8 heteroatoms. The number of benzene rings is 3. The van der Waals surface area contributed by atoms with Crippen LogP contribution in [0.25, 0.3) is 22.3 Å². The monoisotopic (exact) mass is 543 g/mol. The zero-order valence-electron chi connectivity index (χ0n) is 22.1. The van der Waals surface area contributed by atoms with Gasteiger partial charge in [0.15, 0.2) is 5.82 Å². The van der Waals surface area contributed by atoms with E-state index < -0.39 is 0 Å². The van der Waals surface area contributed by atoms with Crippen LogP contribution in [0.15, 0.2) is 78.9 Å². The number of hydrogen-bond donors (Lipinski definition) is 1. The van der Waals surface area contributed by atoms with Crippen molar-refractivity contribution in [2.24, 2.45) is 0 Å². The molecule has 0 saturated carbocycles. The number of carbonyl (C=O) groups is 1. The number of anilines is 1. The molecule has 0 aliphatic carbocycles. The molecule has 3 aromatic carbocycles. The van der Waals surface area contributed by atoms with Crippen molar-refractivity contribution in [1.29, 1.82) is 0 Å². The summed E-state index contributed by atoms with van der Waals surface area (Å²) >= 11 is 6.53. The summed E-state index contributed by atoms with van der Waals surface area (Å²) in [6.07, 6.45) is 1.21. The molecule has 2 heterocycles. The molecular weight excluding hydrogens is 510 g/mol. The Balaban J connectivity index is 1.37. The summed E-state index contributed by atoms with van der Waals surface area (Å²) in [5.74, 6) is 1.43. The number of amides is 1. The van der Waals surface area contributed by atoms with Gasteiger partial charge in [-0.1, -0.05) is 66.2 Å². The molecule has 0 atom stereocenters. The molecule has 0 unspecified atom stereocenters. The van der Waals surface area contributed by atoms with Crippen LogP contribution in [0.4, 0.5) is 5.82 Å². The van der Waals surface area contributed by atoms with E-state index in [-0.39, 0.29) is 5.91 Å². The number of morpholine rings is 1. The quantitative estimate of drug-likeness (QED) is 0.292. The number of hydrogen-bond acceptors (Lipinski definition) is 6. The van der Waals surface area contributed by atoms with E-state index in [9.17, 15) is 4.79 Å². The fourth-order valence-electron chi connectivity index (χ4n) is 4.80. The summed E-state index contributed by atoms with van der Waals surface area (Å²) < 4.78 is 5.41. The molecule has 202 valence electrons. The maximum absolute atomic E-state index is 12.9. The highest BCUT2D eigenvalue weighted by Gasteiger charge is 2.18. The molecule has 1 fully saturated rings. The third-order valence-electron chi connectivity index (χ3n) is 6.97. The van der Waals surface area contributed by atoms with Gasteiger partial charge in [0.2, 0.25) is 5.91 Å². The Morgan fingerprint density at radius 1 is 0.923 bits per heavy atom. The second-order valence-electron chi connectivity index (χ2n) is 9.64. The first kappa shape index (κ1) is 27.1. The van der Waals surface area contributed by atoms with Gasteiger partial charge < -0.3 is 15.0 Å². The number of halogens is 1. The first-order chi connectivity index (χ1) is 19.2. The second kappa shape index (κ2) is 13.5. The normalized spacial score (nSPS) is 13.9. The number of ether oxygens (including phenoxy) is 1. The minimum atomic E-state index is 0.0395. The number of nitrogens with one attached hydrogen (secondary N) is 1. The first-order valence-corrected chi connectivity index (χ1v) is 13.9. The number of nitrogens with zero attached hydrogens (tertiary/aromatic N) is 4. The average molecular weight is 544 g/mol. The van der Waals surface area contributed by atoms with Crippen LogP contribution < -0.4 is 10.2 Å². The van der Waals surface area contributed by atoms with E-state index in [1.54, 1.807) is 0 Å². The standard InChI is InChI=1S/C31H34ClN5O2/c32-27-12-6-4-10-25(27)30-34-28-13-7-5-11-26(28)31(35-30)37(17-14-24-8-2-1-3-9-24)18-15-29(38)33-16-19-36-20-22-39-23-21-36/h1-13H,14-23H2,(H,33,38). The van der Waals surface area contributed by atoms with Gasteiger partial charge in [-0.15, -0.1) is 0 Å². The van der Waals surface area contributed by atoms with Gasteiger partial charge in [-0.2, -0.15) is 0 Å². The van der Waals surface area contributed by atoms with E-state index in [2.05, 4.69) is 39.4 Å². The highest BCUT2D eigenvalue weighted by Crippen LogP contribution is 2.31. The minimum Gasteiger partial charge on any atom is -0.379 e. The Morgan fingerprint density at radius 3 is 2.49 bits per heavy atom. The lowest BCUT2D eigenvalue weighted by molar-refractivity contribution is -0.121. The number of rotatable bonds is 11. The predicted molar refractivity (Wildman–Crippen MR) is 157 cm³/mol. The van der Waals surface area contributed by atoms with Crippen LogP contribution in [0.5, 0.6) is 0 Å². The van der Waals surface area contributed by atoms with Crippen LogP contribution >= 0.6 is 11.6 Å². The molecule has 1 saturated heterocycles. The molecule has 1 aromatic heterocycles. The van der Waals surface area contributed by atoms with Gasteiger partial charge in [-0.05, 0) is 36.2 Å². The van der Waals surface area contributed by atoms with E-state index in [1.165, 1.54) is 5.56 Å². The fraction of sp³-hybridized carbons (Fsp3) is 0.323. The van der Waals surface area contributed by atoms with Gasteiger partial charge in [-0.3, -0.25) is 9.69 Å². The molecule has 0 bridgehead atoms. The van der Waals surface area contributed by atoms with Crippen LogP contribution in [0.3, 0.4) is 0 Å². The van der Waals surface area contributed by atoms with Crippen LogP contribution in [-0.4, -0.2) is 73.3 Å². The van der Waals surface area contributed by atoms with Crippen molar-refractivity contribution in [3.63, 3.8) is 0 Å². The molecule has 1 aliphatic rings. The van der Waals surface area contributed by atoms with E-state index in [1.807, 2.05) is 54.6 Å². The van der Waals surface area contributed by atoms with Crippen molar-refractivity contribution in [1.82, 2.24) is 20.2 Å². The molecule has 0 spiro atoms. The van der Waals surface area contributed by atoms with Crippen LogP contribution in [0, 0.1) is 0 Å². The smallest absolute Gasteiger partial charge is 0.221 e. The summed E-state index contributed by atoms with van der Waals surface area (Å²) in [6.45, 7) is 6.07. The fourth-order valence-corrected chi connectivity index (χ4v) is 5.02. The Labute approximate surface area is 234 Å². The Hall–Kier alpha value is -3.52. The Bertz CT molecular complexity index is 1380. The molecule has 1 N–H and O–H groups in total. The highest BCUT2D eigenvalue weighted by molar-refractivity contribution is 6.33. The van der Waals surface area contributed by atoms with Crippen LogP contribution in [0.1, 0.15) is 12.0 Å². The van der Waals surface area contributed by atoms with Gasteiger partial charge in [0.1, 0.15) is 5.82 Å². The minimum absolute atomic E-state index is 0.0395. The number of aromatic nitrogens is 2. The molecule has 7 nitrogen and oxygen atoms in total. The third-order valence-corrected chi connectivity index (χ3v) is 7.30. The lowest BCUT2D eigenvalue weighted by atomic mass is 10.1. The zero-order valence-corrected chi connectivity index (χ0v) is 22.8. The van der Waals surface area contributed by atoms with Gasteiger partial charge >= 0.3 is 0 Å². The summed E-state index contributed by atoms with van der Waals surface area (Å²) in [6, 6.07) is 26.0. The van der Waals surface area contributed by atoms with Gasteiger partial charge in [0.05, 0.1) is 23.8 Å². The molecule has 4 aromatic rings. The van der Waals surface area contributed by atoms with Gasteiger partial charge in [0.25, 0.3) is 0 Å². The highest BCUT2D eigenvalue weighted by atomic mass is 35.5. The van der Waals surface area contributed by atoms with Crippen LogP contribution in [-0.2, 0) is 16.0 Å². The van der Waals surface area contributed by atoms with E-state index in [4.69, 9.17) is 26.3 Å². The Morgan fingerprint density at radius 2 is 1.67 bits per heavy atom. The van der Waals surface area contributed by atoms with Crippen LogP contribution in [0.2, 0.25) is 5.02 Å². The second-order valence-corrected chi connectivity index (χ2v) is 10.1. The van der Waals surface area contributed by atoms with Crippen molar-refractivity contribution in [3.05, 3.63) is 89.4 Å². The molecule has 5 rings (SSSR count). The number of carbonyl (C=O) groups excluding carboxylic acids is 1. The first-order valence-electron chi connectivity index (χ1n) is 13.5. The third kappa shape index (κ3) is 7.32. The predicted octanol–water partition coefficient (Wildman–Crippen LogP) is 4.84. The molecular formula is C31H34ClN5O2. The van der Waals surface area contributed by atoms with Crippen molar-refractivity contribution < 1.29 is 9.53 Å². The lowest BCUT2D eigenvalue weighted by Crippen LogP contribution is -2.41. The van der Waals surface area contributed by atoms with Crippen molar-refractivity contribution in [3.8, 4) is 11.4 Å². The molecule has 0 radical (unpaired) electrons. The lowest BCUT2D eigenvalue weighted by Gasteiger charge is -2.27. The van der Waals surface area contributed by atoms with E-state index >= 15 is 0 Å². The van der Waals surface area contributed by atoms with Gasteiger partial charge in [0, 0.05) is 56.6 Å². The van der Waals surface area contributed by atoms with E-state index in [0.717, 1.165) is 61.6 Å².